The van der Waals surface area contributed by atoms with Crippen molar-refractivity contribution in [2.24, 2.45) is 28.1 Å². The zero-order chi connectivity index (χ0) is 19.3. The molecule has 0 bridgehead atoms. The van der Waals surface area contributed by atoms with Gasteiger partial charge in [-0.3, -0.25) is 0 Å². The lowest BCUT2D eigenvalue weighted by atomic mass is 9.45. The average molecular weight is 367 g/mol. The molecule has 1 aromatic carbocycles. The predicted octanol–water partition coefficient (Wildman–Crippen LogP) is 7.08. The Kier molecular flexibility index (Phi) is 4.82. The van der Waals surface area contributed by atoms with Crippen molar-refractivity contribution in [2.45, 2.75) is 85.2 Å². The lowest BCUT2D eigenvalue weighted by Gasteiger charge is -2.60. The quantitative estimate of drug-likeness (QED) is 0.567. The lowest BCUT2D eigenvalue weighted by Crippen LogP contribution is -2.52. The molecule has 0 aliphatic heterocycles. The third-order valence-electron chi connectivity index (χ3n) is 9.03. The molecule has 3 aliphatic rings. The van der Waals surface area contributed by atoms with Gasteiger partial charge in [-0.1, -0.05) is 82.5 Å². The van der Waals surface area contributed by atoms with E-state index in [1.165, 1.54) is 44.9 Å². The van der Waals surface area contributed by atoms with E-state index in [1.54, 1.807) is 5.57 Å². The van der Waals surface area contributed by atoms with Gasteiger partial charge < -0.3 is 5.11 Å². The lowest BCUT2D eigenvalue weighted by molar-refractivity contribution is -0.101. The summed E-state index contributed by atoms with van der Waals surface area (Å²) in [5, 5.41) is 11.5. The number of allylic oxidation sites excluding steroid dienone is 2. The van der Waals surface area contributed by atoms with E-state index in [2.05, 4.69) is 58.0 Å². The third-order valence-corrected chi connectivity index (χ3v) is 9.03. The smallest absolute Gasteiger partial charge is 0.0846 e. The summed E-state index contributed by atoms with van der Waals surface area (Å²) < 4.78 is 0. The minimum atomic E-state index is -0.357. The molecular formula is C26H38O. The summed E-state index contributed by atoms with van der Waals surface area (Å²) >= 11 is 0. The molecule has 6 atom stereocenters. The Balaban J connectivity index is 1.69. The van der Waals surface area contributed by atoms with Gasteiger partial charge in [0.05, 0.1) is 6.10 Å². The predicted molar refractivity (Wildman–Crippen MR) is 113 cm³/mol. The van der Waals surface area contributed by atoms with E-state index >= 15 is 0 Å². The molecule has 4 rings (SSSR count). The van der Waals surface area contributed by atoms with Crippen LogP contribution in [0, 0.1) is 28.1 Å². The van der Waals surface area contributed by atoms with Gasteiger partial charge in [0.15, 0.2) is 0 Å². The van der Waals surface area contributed by atoms with E-state index in [0.717, 1.165) is 17.9 Å². The monoisotopic (exact) mass is 366 g/mol. The maximum absolute atomic E-state index is 11.5. The van der Waals surface area contributed by atoms with Crippen molar-refractivity contribution in [1.82, 2.24) is 0 Å². The van der Waals surface area contributed by atoms with Gasteiger partial charge >= 0.3 is 0 Å². The molecule has 3 unspecified atom stereocenters. The van der Waals surface area contributed by atoms with E-state index in [0.29, 0.717) is 11.3 Å². The highest BCUT2D eigenvalue weighted by atomic mass is 16.3. The van der Waals surface area contributed by atoms with Crippen molar-refractivity contribution < 1.29 is 5.11 Å². The Hall–Kier alpha value is -1.08. The molecule has 3 aliphatic carbocycles. The summed E-state index contributed by atoms with van der Waals surface area (Å²) in [6.07, 6.45) is 12.5. The summed E-state index contributed by atoms with van der Waals surface area (Å²) in [5.74, 6) is 1.36. The molecule has 1 heteroatoms. The molecule has 0 amide bonds. The highest BCUT2D eigenvalue weighted by molar-refractivity contribution is 5.29. The van der Waals surface area contributed by atoms with Crippen LogP contribution in [0.3, 0.4) is 0 Å². The first-order chi connectivity index (χ1) is 12.8. The zero-order valence-corrected chi connectivity index (χ0v) is 17.8. The molecule has 1 nitrogen and oxygen atoms in total. The number of fused-ring (bicyclic) bond motifs is 3. The molecule has 0 heterocycles. The molecule has 1 N–H and O–H groups in total. The first-order valence-electron chi connectivity index (χ1n) is 11.3. The second-order valence-corrected chi connectivity index (χ2v) is 10.6. The minimum absolute atomic E-state index is 0.0222. The molecule has 1 aromatic rings. The Labute approximate surface area is 166 Å². The van der Waals surface area contributed by atoms with Crippen LogP contribution in [-0.4, -0.2) is 5.11 Å². The summed E-state index contributed by atoms with van der Waals surface area (Å²) in [4.78, 5) is 0. The molecule has 0 aromatic heterocycles. The number of aliphatic hydroxyl groups is 1. The molecular weight excluding hydrogens is 328 g/mol. The fraction of sp³-hybridized carbons (Fsp3) is 0.692. The van der Waals surface area contributed by atoms with Crippen molar-refractivity contribution >= 4 is 0 Å². The van der Waals surface area contributed by atoms with Gasteiger partial charge in [0.25, 0.3) is 0 Å². The van der Waals surface area contributed by atoms with Crippen LogP contribution in [0.5, 0.6) is 0 Å². The van der Waals surface area contributed by atoms with Gasteiger partial charge in [0.2, 0.25) is 0 Å². The molecule has 0 radical (unpaired) electrons. The van der Waals surface area contributed by atoms with Gasteiger partial charge in [-0.05, 0) is 66.8 Å². The Morgan fingerprint density at radius 2 is 1.81 bits per heavy atom. The number of hydrogen-bond acceptors (Lipinski definition) is 1. The summed E-state index contributed by atoms with van der Waals surface area (Å²) in [6, 6.07) is 10.4. The highest BCUT2D eigenvalue weighted by Crippen LogP contribution is 2.66. The van der Waals surface area contributed by atoms with Crippen molar-refractivity contribution in [3.63, 3.8) is 0 Å². The molecule has 2 fully saturated rings. The summed E-state index contributed by atoms with van der Waals surface area (Å²) in [7, 11) is 0. The maximum Gasteiger partial charge on any atom is 0.0846 e. The molecule has 0 spiro atoms. The topological polar surface area (TPSA) is 20.2 Å². The number of hydrogen-bond donors (Lipinski definition) is 1. The van der Waals surface area contributed by atoms with Gasteiger partial charge in [0.1, 0.15) is 0 Å². The first-order valence-corrected chi connectivity index (χ1v) is 11.3. The third kappa shape index (κ3) is 3.01. The van der Waals surface area contributed by atoms with Crippen LogP contribution in [0.4, 0.5) is 0 Å². The van der Waals surface area contributed by atoms with Crippen LogP contribution in [-0.2, 0) is 0 Å². The number of benzene rings is 1. The van der Waals surface area contributed by atoms with E-state index in [4.69, 9.17) is 0 Å². The van der Waals surface area contributed by atoms with Crippen LogP contribution in [0.1, 0.15) is 90.7 Å². The van der Waals surface area contributed by atoms with E-state index in [9.17, 15) is 5.11 Å². The maximum atomic E-state index is 11.5. The van der Waals surface area contributed by atoms with Gasteiger partial charge in [-0.2, -0.15) is 0 Å². The fourth-order valence-electron chi connectivity index (χ4n) is 7.17. The van der Waals surface area contributed by atoms with Crippen LogP contribution < -0.4 is 0 Å². The SMILES string of the molecule is CC[C@@]1(C)CC=C2C(CCC3[C@](C)(C(O)c4ccccc4)CCC[C@@]23C)C1. The summed E-state index contributed by atoms with van der Waals surface area (Å²) in [6.45, 7) is 9.77. The largest absolute Gasteiger partial charge is 0.388 e. The Morgan fingerprint density at radius 3 is 2.52 bits per heavy atom. The fourth-order valence-corrected chi connectivity index (χ4v) is 7.17. The van der Waals surface area contributed by atoms with Crippen LogP contribution in [0.15, 0.2) is 42.0 Å². The van der Waals surface area contributed by atoms with Crippen LogP contribution in [0.25, 0.3) is 0 Å². The van der Waals surface area contributed by atoms with Gasteiger partial charge in [-0.15, -0.1) is 0 Å². The van der Waals surface area contributed by atoms with E-state index < -0.39 is 0 Å². The summed E-state index contributed by atoms with van der Waals surface area (Å²) in [5.41, 5.74) is 3.61. The van der Waals surface area contributed by atoms with E-state index in [1.807, 2.05) is 6.07 Å². The average Bonchev–Trinajstić information content (AvgIpc) is 2.67. The first kappa shape index (κ1) is 19.2. The molecule has 0 saturated heterocycles. The normalized spacial score (nSPS) is 42.6. The molecule has 148 valence electrons. The van der Waals surface area contributed by atoms with E-state index in [-0.39, 0.29) is 16.9 Å². The number of aliphatic hydroxyl groups excluding tert-OH is 1. The highest BCUT2D eigenvalue weighted by Gasteiger charge is 2.57. The molecule has 27 heavy (non-hydrogen) atoms. The Morgan fingerprint density at radius 1 is 1.07 bits per heavy atom. The van der Waals surface area contributed by atoms with Crippen molar-refractivity contribution in [1.29, 1.82) is 0 Å². The van der Waals surface area contributed by atoms with Crippen molar-refractivity contribution in [3.05, 3.63) is 47.5 Å². The van der Waals surface area contributed by atoms with Crippen molar-refractivity contribution in [3.8, 4) is 0 Å². The number of rotatable bonds is 3. The van der Waals surface area contributed by atoms with Crippen LogP contribution in [0.2, 0.25) is 0 Å². The Bertz CT molecular complexity index is 706. The van der Waals surface area contributed by atoms with Crippen LogP contribution >= 0.6 is 0 Å². The van der Waals surface area contributed by atoms with Crippen molar-refractivity contribution in [2.75, 3.05) is 0 Å². The standard InChI is InChI=1S/C26H38O/c1-5-24(2)17-14-21-20(18-24)12-13-22-25(21,3)15-9-16-26(22,4)23(27)19-10-7-6-8-11-19/h6-8,10-11,14,20,22-23,27H,5,9,12-13,15-18H2,1-4H3/t20?,22?,23?,24-,25-,26+/m0/s1. The second kappa shape index (κ2) is 6.76. The second-order valence-electron chi connectivity index (χ2n) is 10.6. The molecule has 2 saturated carbocycles. The zero-order valence-electron chi connectivity index (χ0n) is 17.8. The minimum Gasteiger partial charge on any atom is -0.388 e. The van der Waals surface area contributed by atoms with Gasteiger partial charge in [-0.25, -0.2) is 0 Å². The van der Waals surface area contributed by atoms with Gasteiger partial charge in [0, 0.05) is 5.41 Å².